The van der Waals surface area contributed by atoms with Crippen molar-refractivity contribution in [2.75, 3.05) is 26.4 Å². The maximum absolute atomic E-state index is 6.10. The zero-order valence-electron chi connectivity index (χ0n) is 20.5. The summed E-state index contributed by atoms with van der Waals surface area (Å²) >= 11 is 4.90. The molecular weight excluding hydrogens is 549 g/mol. The van der Waals surface area contributed by atoms with Gasteiger partial charge >= 0.3 is 0 Å². The monoisotopic (exact) mass is 568 g/mol. The van der Waals surface area contributed by atoms with Crippen molar-refractivity contribution in [1.29, 1.82) is 0 Å². The minimum absolute atomic E-state index is 0.523. The standard InChI is InChI=1S/C30H20N2O4S3/c1-3-7-17(8-4-1)21-22(18-9-5-2-6-10-18)32-24-23(31-21)27(29-25-19(15-37-29)33-11-13-35-25)39-28(24)30-26-20(16-38-30)34-12-14-36-26/h1-10,15-16H,11-14H2. The minimum atomic E-state index is 0.523. The summed E-state index contributed by atoms with van der Waals surface area (Å²) in [5.74, 6) is 3.13. The Morgan fingerprint density at radius 2 is 0.949 bits per heavy atom. The van der Waals surface area contributed by atoms with Gasteiger partial charge in [0.1, 0.15) is 37.5 Å². The lowest BCUT2D eigenvalue weighted by atomic mass is 10.0. The van der Waals surface area contributed by atoms with Gasteiger partial charge in [0.15, 0.2) is 23.0 Å². The number of nitrogens with zero attached hydrogens (tertiary/aromatic N) is 2. The fourth-order valence-corrected chi connectivity index (χ4v) is 8.22. The van der Waals surface area contributed by atoms with Crippen LogP contribution in [-0.2, 0) is 0 Å². The van der Waals surface area contributed by atoms with Crippen molar-refractivity contribution < 1.29 is 18.9 Å². The molecule has 0 atom stereocenters. The third-order valence-corrected chi connectivity index (χ3v) is 10.0. The fourth-order valence-electron chi connectivity index (χ4n) is 4.89. The van der Waals surface area contributed by atoms with Gasteiger partial charge in [0.05, 0.1) is 30.9 Å². The summed E-state index contributed by atoms with van der Waals surface area (Å²) in [6, 6.07) is 20.5. The highest BCUT2D eigenvalue weighted by Gasteiger charge is 2.30. The molecule has 0 bridgehead atoms. The van der Waals surface area contributed by atoms with Gasteiger partial charge in [-0.15, -0.1) is 34.0 Å². The van der Waals surface area contributed by atoms with E-state index in [9.17, 15) is 0 Å². The molecule has 0 unspecified atom stereocenters. The first-order chi connectivity index (χ1) is 19.3. The summed E-state index contributed by atoms with van der Waals surface area (Å²) in [7, 11) is 0. The molecule has 6 aromatic rings. The van der Waals surface area contributed by atoms with Crippen molar-refractivity contribution in [2.24, 2.45) is 0 Å². The van der Waals surface area contributed by atoms with Crippen molar-refractivity contribution in [3.8, 4) is 65.0 Å². The van der Waals surface area contributed by atoms with Crippen LogP contribution in [0.3, 0.4) is 0 Å². The summed E-state index contributed by atoms with van der Waals surface area (Å²) in [6.45, 7) is 2.15. The lowest BCUT2D eigenvalue weighted by molar-refractivity contribution is 0.174. The Balaban J connectivity index is 1.45. The number of thiophene rings is 3. The van der Waals surface area contributed by atoms with Crippen molar-refractivity contribution >= 4 is 45.0 Å². The van der Waals surface area contributed by atoms with Crippen molar-refractivity contribution in [1.82, 2.24) is 9.97 Å². The zero-order chi connectivity index (χ0) is 25.8. The van der Waals surface area contributed by atoms with Crippen LogP contribution in [0.15, 0.2) is 71.4 Å². The predicted molar refractivity (Wildman–Crippen MR) is 157 cm³/mol. The van der Waals surface area contributed by atoms with Gasteiger partial charge in [0.2, 0.25) is 0 Å². The largest absolute Gasteiger partial charge is 0.485 e. The molecule has 192 valence electrons. The van der Waals surface area contributed by atoms with E-state index in [1.54, 1.807) is 34.0 Å². The molecule has 0 saturated carbocycles. The van der Waals surface area contributed by atoms with E-state index in [-0.39, 0.29) is 0 Å². The third-order valence-electron chi connectivity index (χ3n) is 6.64. The molecule has 2 aromatic carbocycles. The summed E-state index contributed by atoms with van der Waals surface area (Å²) in [6.07, 6.45) is 0. The molecule has 9 heteroatoms. The van der Waals surface area contributed by atoms with Crippen LogP contribution in [0.2, 0.25) is 0 Å². The number of aromatic nitrogens is 2. The van der Waals surface area contributed by atoms with E-state index in [2.05, 4.69) is 24.3 Å². The van der Waals surface area contributed by atoms with Crippen LogP contribution in [0, 0.1) is 0 Å². The molecule has 0 N–H and O–H groups in total. The Hall–Kier alpha value is -3.92. The second kappa shape index (κ2) is 9.37. The van der Waals surface area contributed by atoms with Crippen LogP contribution in [0.1, 0.15) is 0 Å². The van der Waals surface area contributed by atoms with Gasteiger partial charge in [0, 0.05) is 21.9 Å². The van der Waals surface area contributed by atoms with E-state index < -0.39 is 0 Å². The summed E-state index contributed by atoms with van der Waals surface area (Å²) in [5, 5.41) is 4.03. The highest BCUT2D eigenvalue weighted by molar-refractivity contribution is 7.27. The SMILES string of the molecule is c1ccc(-c2nc3c(-c4scc5c4OCCO5)sc(-c4scc5c4OCCO5)c3nc2-c2ccccc2)cc1. The molecule has 0 amide bonds. The summed E-state index contributed by atoms with van der Waals surface area (Å²) < 4.78 is 24.0. The number of benzene rings is 2. The van der Waals surface area contributed by atoms with Gasteiger partial charge in [-0.25, -0.2) is 9.97 Å². The highest BCUT2D eigenvalue weighted by Crippen LogP contribution is 2.56. The van der Waals surface area contributed by atoms with Crippen molar-refractivity contribution in [2.45, 2.75) is 0 Å². The van der Waals surface area contributed by atoms with Crippen molar-refractivity contribution in [3.05, 3.63) is 71.4 Å². The molecule has 4 aromatic heterocycles. The second-order valence-corrected chi connectivity index (χ2v) is 11.8. The molecule has 6 heterocycles. The van der Waals surface area contributed by atoms with Crippen LogP contribution in [0.4, 0.5) is 0 Å². The molecule has 39 heavy (non-hydrogen) atoms. The molecule has 0 aliphatic carbocycles. The van der Waals surface area contributed by atoms with Crippen LogP contribution >= 0.6 is 34.0 Å². The smallest absolute Gasteiger partial charge is 0.180 e. The molecule has 0 radical (unpaired) electrons. The van der Waals surface area contributed by atoms with Gasteiger partial charge in [-0.05, 0) is 0 Å². The lowest BCUT2D eigenvalue weighted by Crippen LogP contribution is -2.14. The van der Waals surface area contributed by atoms with E-state index in [0.717, 1.165) is 76.1 Å². The van der Waals surface area contributed by atoms with E-state index >= 15 is 0 Å². The van der Waals surface area contributed by atoms with Gasteiger partial charge in [-0.2, -0.15) is 0 Å². The fraction of sp³-hybridized carbons (Fsp3) is 0.133. The molecule has 0 spiro atoms. The Bertz CT molecular complexity index is 1690. The second-order valence-electron chi connectivity index (χ2n) is 9.02. The highest BCUT2D eigenvalue weighted by atomic mass is 32.1. The predicted octanol–water partition coefficient (Wildman–Crippen LogP) is 8.02. The van der Waals surface area contributed by atoms with Gasteiger partial charge in [-0.3, -0.25) is 0 Å². The van der Waals surface area contributed by atoms with Crippen LogP contribution < -0.4 is 18.9 Å². The van der Waals surface area contributed by atoms with E-state index in [1.165, 1.54) is 0 Å². The van der Waals surface area contributed by atoms with Gasteiger partial charge in [0.25, 0.3) is 0 Å². The third kappa shape index (κ3) is 3.80. The number of hydrogen-bond acceptors (Lipinski definition) is 9. The molecule has 2 aliphatic heterocycles. The van der Waals surface area contributed by atoms with Crippen LogP contribution in [0.25, 0.3) is 53.1 Å². The number of hydrogen-bond donors (Lipinski definition) is 0. The molecular formula is C30H20N2O4S3. The van der Waals surface area contributed by atoms with E-state index in [0.29, 0.717) is 26.4 Å². The molecule has 2 aliphatic rings. The Morgan fingerprint density at radius 3 is 1.41 bits per heavy atom. The van der Waals surface area contributed by atoms with E-state index in [1.807, 2.05) is 47.2 Å². The van der Waals surface area contributed by atoms with Gasteiger partial charge in [-0.1, -0.05) is 60.7 Å². The average Bonchev–Trinajstić information content (AvgIpc) is 3.72. The first-order valence-corrected chi connectivity index (χ1v) is 15.1. The number of rotatable bonds is 4. The quantitative estimate of drug-likeness (QED) is 0.215. The molecule has 6 nitrogen and oxygen atoms in total. The number of fused-ring (bicyclic) bond motifs is 3. The zero-order valence-corrected chi connectivity index (χ0v) is 23.0. The maximum Gasteiger partial charge on any atom is 0.180 e. The minimum Gasteiger partial charge on any atom is -0.485 e. The number of ether oxygens (including phenoxy) is 4. The van der Waals surface area contributed by atoms with Gasteiger partial charge < -0.3 is 18.9 Å². The summed E-state index contributed by atoms with van der Waals surface area (Å²) in [4.78, 5) is 14.8. The van der Waals surface area contributed by atoms with Crippen molar-refractivity contribution in [3.63, 3.8) is 0 Å². The summed E-state index contributed by atoms with van der Waals surface area (Å²) in [5.41, 5.74) is 5.40. The first kappa shape index (κ1) is 23.0. The van der Waals surface area contributed by atoms with E-state index in [4.69, 9.17) is 28.9 Å². The van der Waals surface area contributed by atoms with Crippen LogP contribution in [-0.4, -0.2) is 36.4 Å². The Labute approximate surface area is 236 Å². The molecule has 0 saturated heterocycles. The Morgan fingerprint density at radius 1 is 0.513 bits per heavy atom. The topological polar surface area (TPSA) is 62.7 Å². The average molecular weight is 569 g/mol. The maximum atomic E-state index is 6.10. The van der Waals surface area contributed by atoms with Crippen LogP contribution in [0.5, 0.6) is 23.0 Å². The Kier molecular flexibility index (Phi) is 5.53. The molecule has 8 rings (SSSR count). The molecule has 0 fully saturated rings. The first-order valence-electron chi connectivity index (χ1n) is 12.6. The lowest BCUT2D eigenvalue weighted by Gasteiger charge is -2.15. The normalized spacial score (nSPS) is 14.1.